The number of nitrogens with zero attached hydrogens (tertiary/aromatic N) is 5. The molecule has 3 aliphatic rings. The van der Waals surface area contributed by atoms with Crippen LogP contribution in [-0.2, 0) is 26.0 Å². The lowest BCUT2D eigenvalue weighted by Gasteiger charge is -2.44. The van der Waals surface area contributed by atoms with Crippen molar-refractivity contribution < 1.29 is 22.8 Å². The maximum absolute atomic E-state index is 13.2. The fourth-order valence-corrected chi connectivity index (χ4v) is 7.53. The van der Waals surface area contributed by atoms with Crippen LogP contribution in [0.15, 0.2) is 30.5 Å². The first-order valence-corrected chi connectivity index (χ1v) is 13.7. The molecule has 3 heterocycles. The largest absolute Gasteiger partial charge is 0.336 e. The quantitative estimate of drug-likeness (QED) is 0.625. The molecule has 2 aromatic rings. The minimum Gasteiger partial charge on any atom is -0.336 e. The van der Waals surface area contributed by atoms with Gasteiger partial charge in [-0.3, -0.25) is 14.4 Å². The van der Waals surface area contributed by atoms with E-state index < -0.39 is 14.6 Å². The summed E-state index contributed by atoms with van der Waals surface area (Å²) in [6.07, 6.45) is 6.30. The van der Waals surface area contributed by atoms with Gasteiger partial charge >= 0.3 is 0 Å². The molecule has 0 unspecified atom stereocenters. The van der Waals surface area contributed by atoms with Gasteiger partial charge in [-0.1, -0.05) is 24.5 Å². The van der Waals surface area contributed by atoms with Gasteiger partial charge in [-0.05, 0) is 37.1 Å². The van der Waals surface area contributed by atoms with Gasteiger partial charge in [-0.2, -0.15) is 0 Å². The zero-order valence-corrected chi connectivity index (χ0v) is 20.4. The summed E-state index contributed by atoms with van der Waals surface area (Å²) in [6, 6.07) is 6.95. The van der Waals surface area contributed by atoms with Crippen molar-refractivity contribution in [1.29, 1.82) is 0 Å². The molecule has 0 radical (unpaired) electrons. The number of piperidine rings is 1. The summed E-state index contributed by atoms with van der Waals surface area (Å²) < 4.78 is 26.4. The molecule has 1 aliphatic carbocycles. The van der Waals surface area contributed by atoms with Crippen molar-refractivity contribution in [3.8, 4) is 5.69 Å². The average molecular weight is 500 g/mol. The number of Topliss-reactive ketones (excluding diaryl/α,β-unsaturated/α-hetero) is 1. The Balaban J connectivity index is 1.27. The van der Waals surface area contributed by atoms with Gasteiger partial charge in [0.15, 0.2) is 15.6 Å². The van der Waals surface area contributed by atoms with E-state index in [2.05, 4.69) is 10.3 Å². The summed E-state index contributed by atoms with van der Waals surface area (Å²) in [5.41, 5.74) is 1.77. The van der Waals surface area contributed by atoms with E-state index in [4.69, 9.17) is 0 Å². The third-order valence-corrected chi connectivity index (χ3v) is 10.0. The van der Waals surface area contributed by atoms with Crippen LogP contribution < -0.4 is 0 Å². The van der Waals surface area contributed by atoms with Gasteiger partial charge in [-0.15, -0.1) is 5.10 Å². The Bertz CT molecular complexity index is 1250. The van der Waals surface area contributed by atoms with Gasteiger partial charge in [0.1, 0.15) is 5.69 Å². The maximum Gasteiger partial charge on any atom is 0.253 e. The van der Waals surface area contributed by atoms with E-state index in [9.17, 15) is 22.8 Å². The Labute approximate surface area is 204 Å². The molecule has 0 N–H and O–H groups in total. The van der Waals surface area contributed by atoms with Crippen LogP contribution in [0.3, 0.4) is 0 Å². The molecule has 35 heavy (non-hydrogen) atoms. The zero-order chi connectivity index (χ0) is 24.6. The highest BCUT2D eigenvalue weighted by Crippen LogP contribution is 2.39. The summed E-state index contributed by atoms with van der Waals surface area (Å²) in [6.45, 7) is 0.803. The number of benzene rings is 1. The summed E-state index contributed by atoms with van der Waals surface area (Å²) in [5, 5.41) is 8.23. The lowest BCUT2D eigenvalue weighted by atomic mass is 9.87. The molecule has 11 heteroatoms. The van der Waals surface area contributed by atoms with Crippen LogP contribution in [-0.4, -0.2) is 80.9 Å². The normalized spacial score (nSPS) is 21.9. The molecule has 186 valence electrons. The first-order chi connectivity index (χ1) is 16.8. The Morgan fingerprint density at radius 3 is 2.51 bits per heavy atom. The minimum absolute atomic E-state index is 0.0175. The molecule has 2 aliphatic heterocycles. The first-order valence-electron chi connectivity index (χ1n) is 12.1. The van der Waals surface area contributed by atoms with Crippen LogP contribution in [0.25, 0.3) is 5.69 Å². The molecule has 0 bridgehead atoms. The fourth-order valence-electron chi connectivity index (χ4n) is 5.37. The van der Waals surface area contributed by atoms with E-state index in [0.29, 0.717) is 36.2 Å². The highest BCUT2D eigenvalue weighted by atomic mass is 32.2. The third-order valence-electron chi connectivity index (χ3n) is 7.43. The summed E-state index contributed by atoms with van der Waals surface area (Å²) in [7, 11) is -3.21. The number of carbonyl (C=O) groups is 3. The number of sulfone groups is 1. The number of carbonyl (C=O) groups excluding carboxylic acids is 3. The van der Waals surface area contributed by atoms with Gasteiger partial charge in [0.05, 0.1) is 35.5 Å². The number of ketones is 1. The highest BCUT2D eigenvalue weighted by Gasteiger charge is 2.49. The molecular formula is C24H29N5O5S. The van der Waals surface area contributed by atoms with Gasteiger partial charge in [0.2, 0.25) is 5.91 Å². The Hall–Kier alpha value is -3.08. The number of amides is 2. The summed E-state index contributed by atoms with van der Waals surface area (Å²) in [4.78, 5) is 40.1. The fraction of sp³-hybridized carbons (Fsp3) is 0.542. The molecule has 5 rings (SSSR count). The van der Waals surface area contributed by atoms with E-state index in [1.165, 1.54) is 4.90 Å². The third kappa shape index (κ3) is 4.61. The summed E-state index contributed by atoms with van der Waals surface area (Å²) >= 11 is 0. The molecule has 3 fully saturated rings. The van der Waals surface area contributed by atoms with Gasteiger partial charge in [-0.25, -0.2) is 13.1 Å². The van der Waals surface area contributed by atoms with Crippen molar-refractivity contribution in [2.24, 2.45) is 0 Å². The van der Waals surface area contributed by atoms with Crippen molar-refractivity contribution in [2.45, 2.75) is 56.2 Å². The Morgan fingerprint density at radius 1 is 1.03 bits per heavy atom. The number of likely N-dealkylation sites (tertiary alicyclic amines) is 1. The molecule has 10 nitrogen and oxygen atoms in total. The van der Waals surface area contributed by atoms with Crippen molar-refractivity contribution in [3.63, 3.8) is 0 Å². The lowest BCUT2D eigenvalue weighted by Crippen LogP contribution is -2.58. The van der Waals surface area contributed by atoms with Gasteiger partial charge < -0.3 is 9.80 Å². The van der Waals surface area contributed by atoms with Crippen LogP contribution in [0.2, 0.25) is 0 Å². The molecule has 2 saturated heterocycles. The number of hydrogen-bond acceptors (Lipinski definition) is 7. The molecule has 2 amide bonds. The Morgan fingerprint density at radius 2 is 1.77 bits per heavy atom. The van der Waals surface area contributed by atoms with Crippen molar-refractivity contribution in [2.75, 3.05) is 25.4 Å². The van der Waals surface area contributed by atoms with Crippen molar-refractivity contribution in [1.82, 2.24) is 24.8 Å². The predicted molar refractivity (Wildman–Crippen MR) is 127 cm³/mol. The van der Waals surface area contributed by atoms with Crippen LogP contribution in [0.4, 0.5) is 0 Å². The van der Waals surface area contributed by atoms with Gasteiger partial charge in [0, 0.05) is 31.5 Å². The SMILES string of the molecule is O=C1CCC(=O)N(Cc2cn(-c3ccc(C(=O)N4CCS(=O)(=O)C5(CCCCC5)C4)cc3)nn2)C1. The average Bonchev–Trinajstić information content (AvgIpc) is 3.32. The van der Waals surface area contributed by atoms with Crippen LogP contribution in [0.5, 0.6) is 0 Å². The maximum atomic E-state index is 13.2. The van der Waals surface area contributed by atoms with Crippen LogP contribution >= 0.6 is 0 Å². The van der Waals surface area contributed by atoms with E-state index in [0.717, 1.165) is 19.3 Å². The monoisotopic (exact) mass is 499 g/mol. The topological polar surface area (TPSA) is 123 Å². The minimum atomic E-state index is -3.21. The standard InChI is InChI=1S/C24H29N5O5S/c30-21-8-9-22(31)28(16-21)14-19-15-29(26-25-19)20-6-4-18(5-7-20)23(32)27-12-13-35(33,34)24(17-27)10-2-1-3-11-24/h4-7,15H,1-3,8-14,16-17H2. The molecule has 1 saturated carbocycles. The second-order valence-electron chi connectivity index (χ2n) is 9.78. The molecule has 0 atom stereocenters. The number of rotatable bonds is 4. The Kier molecular flexibility index (Phi) is 6.20. The van der Waals surface area contributed by atoms with Crippen molar-refractivity contribution >= 4 is 27.4 Å². The second kappa shape index (κ2) is 9.18. The smallest absolute Gasteiger partial charge is 0.253 e. The van der Waals surface area contributed by atoms with E-state index in [1.54, 1.807) is 40.0 Å². The van der Waals surface area contributed by atoms with E-state index in [1.807, 2.05) is 0 Å². The molecular weight excluding hydrogens is 470 g/mol. The predicted octanol–water partition coefficient (Wildman–Crippen LogP) is 1.53. The van der Waals surface area contributed by atoms with Crippen LogP contribution in [0, 0.1) is 0 Å². The van der Waals surface area contributed by atoms with Gasteiger partial charge in [0.25, 0.3) is 5.91 Å². The second-order valence-corrected chi connectivity index (χ2v) is 12.3. The molecule has 1 aromatic heterocycles. The lowest BCUT2D eigenvalue weighted by molar-refractivity contribution is -0.140. The first kappa shape index (κ1) is 23.7. The molecule has 1 spiro atoms. The molecule has 1 aromatic carbocycles. The highest BCUT2D eigenvalue weighted by molar-refractivity contribution is 7.92. The number of aromatic nitrogens is 3. The van der Waals surface area contributed by atoms with Crippen molar-refractivity contribution in [3.05, 3.63) is 41.7 Å². The van der Waals surface area contributed by atoms with E-state index >= 15 is 0 Å². The van der Waals surface area contributed by atoms with Crippen LogP contribution in [0.1, 0.15) is 61.0 Å². The zero-order valence-electron chi connectivity index (χ0n) is 19.6. The van der Waals surface area contributed by atoms with E-state index in [-0.39, 0.29) is 56.0 Å². The summed E-state index contributed by atoms with van der Waals surface area (Å²) in [5.74, 6) is -0.173. The number of hydrogen-bond donors (Lipinski definition) is 0.